The number of ether oxygens (including phenoxy) is 1. The molecule has 9 nitrogen and oxygen atoms in total. The Kier molecular flexibility index (Phi) is 14.4. The van der Waals surface area contributed by atoms with Gasteiger partial charge in [-0.1, -0.05) is 191 Å². The molecule has 6 aromatic rings. The van der Waals surface area contributed by atoms with Crippen molar-refractivity contribution >= 4 is 81.3 Å². The molecule has 1 fully saturated rings. The summed E-state index contributed by atoms with van der Waals surface area (Å²) in [6.07, 6.45) is 0.182. The van der Waals surface area contributed by atoms with Crippen LogP contribution in [0.2, 0.25) is 5.04 Å². The normalized spacial score (nSPS) is 15.8. The molecule has 0 radical (unpaired) electrons. The SMILES string of the molecule is CCCC(=O)SC1C(C(C)O[Si](c2ccccc2)(c2ccccc2)C(C)(C)C)C(=O)N1C(C(=O)OCc1ccc([N+](=O)[O-])cc1)=P(c1ccccc1)(c1ccccc1)c1ccccc1. The summed E-state index contributed by atoms with van der Waals surface area (Å²) in [6, 6.07) is 55.5. The van der Waals surface area contributed by atoms with Gasteiger partial charge in [0.05, 0.1) is 16.9 Å². The number of likely N-dealkylation sites (tertiary alicyclic amines) is 1. The molecule has 0 N–H and O–H groups in total. The fraction of sp³-hybridized carbons (Fsp3) is 0.231. The first kappa shape index (κ1) is 46.2. The second-order valence-corrected chi connectivity index (χ2v) is 25.6. The Labute approximate surface area is 381 Å². The molecule has 328 valence electrons. The van der Waals surface area contributed by atoms with E-state index in [0.29, 0.717) is 12.0 Å². The van der Waals surface area contributed by atoms with E-state index in [1.54, 1.807) is 17.0 Å². The highest BCUT2D eigenvalue weighted by Gasteiger charge is 2.60. The molecule has 0 spiro atoms. The predicted molar refractivity (Wildman–Crippen MR) is 263 cm³/mol. The molecule has 0 bridgehead atoms. The van der Waals surface area contributed by atoms with Crippen molar-refractivity contribution in [3.8, 4) is 0 Å². The third-order valence-electron chi connectivity index (χ3n) is 11.8. The Morgan fingerprint density at radius 1 is 0.734 bits per heavy atom. The van der Waals surface area contributed by atoms with Crippen molar-refractivity contribution in [2.24, 2.45) is 5.92 Å². The van der Waals surface area contributed by atoms with Crippen LogP contribution in [-0.4, -0.2) is 52.0 Å². The first-order valence-electron chi connectivity index (χ1n) is 21.5. The molecule has 7 rings (SSSR count). The average Bonchev–Trinajstić information content (AvgIpc) is 3.31. The lowest BCUT2D eigenvalue weighted by Gasteiger charge is -2.53. The molecule has 0 saturated carbocycles. The first-order valence-corrected chi connectivity index (χ1v) is 26.1. The van der Waals surface area contributed by atoms with Gasteiger partial charge in [-0.3, -0.25) is 24.6 Å². The Balaban J connectivity index is 1.47. The van der Waals surface area contributed by atoms with Crippen molar-refractivity contribution in [1.29, 1.82) is 0 Å². The number of nitro benzene ring substituents is 1. The van der Waals surface area contributed by atoms with Crippen molar-refractivity contribution in [2.45, 2.75) is 70.6 Å². The Morgan fingerprint density at radius 3 is 1.58 bits per heavy atom. The zero-order valence-electron chi connectivity index (χ0n) is 36.7. The highest BCUT2D eigenvalue weighted by molar-refractivity contribution is 8.14. The number of carbonyl (C=O) groups is 3. The third kappa shape index (κ3) is 8.95. The van der Waals surface area contributed by atoms with Crippen LogP contribution >= 0.6 is 18.6 Å². The van der Waals surface area contributed by atoms with E-state index >= 15 is 9.59 Å². The summed E-state index contributed by atoms with van der Waals surface area (Å²) in [7, 11) is -3.20. The maximum absolute atomic E-state index is 15.7. The molecule has 0 aromatic heterocycles. The number of nitro groups is 1. The van der Waals surface area contributed by atoms with Crippen molar-refractivity contribution in [3.63, 3.8) is 0 Å². The molecular weight excluding hydrogens is 856 g/mol. The lowest BCUT2D eigenvalue weighted by atomic mass is 9.93. The summed E-state index contributed by atoms with van der Waals surface area (Å²) in [4.78, 5) is 57.8. The summed E-state index contributed by atoms with van der Waals surface area (Å²) in [5, 5.41) is 14.7. The van der Waals surface area contributed by atoms with Crippen molar-refractivity contribution in [2.75, 3.05) is 0 Å². The van der Waals surface area contributed by atoms with Crippen LogP contribution in [0.15, 0.2) is 176 Å². The number of β-lactam (4-membered cyclic amide) rings is 1. The Hall–Kier alpha value is -5.84. The van der Waals surface area contributed by atoms with Crippen LogP contribution in [0.1, 0.15) is 53.0 Å². The lowest BCUT2D eigenvalue weighted by molar-refractivity contribution is -0.384. The second kappa shape index (κ2) is 19.9. The quantitative estimate of drug-likeness (QED) is 0.0237. The molecule has 64 heavy (non-hydrogen) atoms. The van der Waals surface area contributed by atoms with E-state index in [0.717, 1.165) is 38.0 Å². The van der Waals surface area contributed by atoms with E-state index in [9.17, 15) is 14.9 Å². The molecule has 0 aliphatic carbocycles. The number of amides is 1. The van der Waals surface area contributed by atoms with Gasteiger partial charge in [0.25, 0.3) is 14.0 Å². The molecule has 6 aromatic carbocycles. The zero-order valence-corrected chi connectivity index (χ0v) is 39.4. The van der Waals surface area contributed by atoms with Gasteiger partial charge >= 0.3 is 5.97 Å². The number of hydrogen-bond acceptors (Lipinski definition) is 8. The average molecular weight is 909 g/mol. The molecule has 3 atom stereocenters. The van der Waals surface area contributed by atoms with E-state index in [1.807, 2.05) is 141 Å². The minimum atomic E-state index is -3.34. The number of nitrogens with zero attached hydrogens (tertiary/aromatic N) is 2. The van der Waals surface area contributed by atoms with Crippen LogP contribution in [0.25, 0.3) is 0 Å². The molecule has 1 aliphatic rings. The van der Waals surface area contributed by atoms with Gasteiger partial charge in [-0.25, -0.2) is 4.79 Å². The fourth-order valence-corrected chi connectivity index (χ4v) is 19.4. The van der Waals surface area contributed by atoms with Crippen LogP contribution in [0, 0.1) is 16.0 Å². The first-order chi connectivity index (χ1) is 30.8. The van der Waals surface area contributed by atoms with Gasteiger partial charge in [0.1, 0.15) is 17.4 Å². The fourth-order valence-electron chi connectivity index (χ4n) is 8.80. The standard InChI is InChI=1S/C52H53N2O7PSSi/c1-6-22-46(55)63-50-47(38(2)61-64(52(3,4)5,44-29-18-10-19-30-44)45-31-20-11-21-32-45)48(56)53(50)49(51(57)60-37-39-33-35-40(36-34-39)54(58)59)62(41-23-12-7-13-24-41,42-25-14-8-15-26-42)43-27-16-9-17-28-43/h7-21,23-36,38,47,50H,6,22,37H2,1-5H3. The van der Waals surface area contributed by atoms with Crippen molar-refractivity contribution in [3.05, 3.63) is 192 Å². The van der Waals surface area contributed by atoms with Gasteiger partial charge in [0.15, 0.2) is 5.12 Å². The number of rotatable bonds is 16. The Morgan fingerprint density at radius 2 is 1.17 bits per heavy atom. The van der Waals surface area contributed by atoms with Crippen LogP contribution in [-0.2, 0) is 30.2 Å². The van der Waals surface area contributed by atoms with Crippen molar-refractivity contribution in [1.82, 2.24) is 4.90 Å². The van der Waals surface area contributed by atoms with Gasteiger partial charge in [0, 0.05) is 25.4 Å². The van der Waals surface area contributed by atoms with Gasteiger partial charge in [-0.05, 0) is 62.4 Å². The zero-order chi connectivity index (χ0) is 45.5. The smallest absolute Gasteiger partial charge is 0.356 e. The van der Waals surface area contributed by atoms with Crippen LogP contribution < -0.4 is 26.3 Å². The molecule has 1 aliphatic heterocycles. The summed E-state index contributed by atoms with van der Waals surface area (Å²) < 4.78 is 13.9. The number of hydrogen-bond donors (Lipinski definition) is 0. The molecule has 1 saturated heterocycles. The molecule has 3 unspecified atom stereocenters. The topological polar surface area (TPSA) is 116 Å². The third-order valence-corrected chi connectivity index (χ3v) is 22.3. The maximum Gasteiger partial charge on any atom is 0.356 e. The van der Waals surface area contributed by atoms with E-state index in [-0.39, 0.29) is 35.2 Å². The number of benzene rings is 6. The second-order valence-electron chi connectivity index (χ2n) is 16.9. The summed E-state index contributed by atoms with van der Waals surface area (Å²) in [5.74, 6) is -1.90. The molecule has 1 amide bonds. The largest absolute Gasteiger partial charge is 0.456 e. The van der Waals surface area contributed by atoms with Gasteiger partial charge < -0.3 is 9.16 Å². The number of non-ortho nitro benzene ring substituents is 1. The van der Waals surface area contributed by atoms with Crippen molar-refractivity contribution < 1.29 is 28.5 Å². The maximum atomic E-state index is 15.7. The minimum absolute atomic E-state index is 0.0901. The van der Waals surface area contributed by atoms with E-state index in [1.165, 1.54) is 12.1 Å². The van der Waals surface area contributed by atoms with Crippen LogP contribution in [0.4, 0.5) is 5.69 Å². The monoisotopic (exact) mass is 908 g/mol. The van der Waals surface area contributed by atoms with Gasteiger partial charge in [0.2, 0.25) is 5.91 Å². The van der Waals surface area contributed by atoms with E-state index < -0.39 is 48.5 Å². The van der Waals surface area contributed by atoms with E-state index in [4.69, 9.17) is 9.16 Å². The summed E-state index contributed by atoms with van der Waals surface area (Å²) in [5.41, 5.74) is 0.581. The molecular formula is C52H53N2O7PSSi. The summed E-state index contributed by atoms with van der Waals surface area (Å²) >= 11 is 1.08. The predicted octanol–water partition coefficient (Wildman–Crippen LogP) is 8.57. The van der Waals surface area contributed by atoms with Gasteiger partial charge in [-0.15, -0.1) is 0 Å². The molecule has 1 heterocycles. The highest BCUT2D eigenvalue weighted by Crippen LogP contribution is 2.52. The Bertz CT molecular complexity index is 2490. The minimum Gasteiger partial charge on any atom is -0.456 e. The molecule has 12 heteroatoms. The van der Waals surface area contributed by atoms with Crippen LogP contribution in [0.5, 0.6) is 0 Å². The van der Waals surface area contributed by atoms with Gasteiger partial charge in [-0.2, -0.15) is 0 Å². The summed E-state index contributed by atoms with van der Waals surface area (Å²) in [6.45, 7) is 6.87. The lowest BCUT2D eigenvalue weighted by Crippen LogP contribution is -2.72. The number of esters is 1. The number of carbonyl (C=O) groups excluding carboxylic acids is 3. The number of thioether (sulfide) groups is 1. The van der Waals surface area contributed by atoms with E-state index in [2.05, 4.69) is 45.0 Å². The highest BCUT2D eigenvalue weighted by atomic mass is 32.2. The van der Waals surface area contributed by atoms with Crippen LogP contribution in [0.3, 0.4) is 0 Å².